The van der Waals surface area contributed by atoms with E-state index in [9.17, 15) is 13.2 Å². The van der Waals surface area contributed by atoms with Gasteiger partial charge in [0.15, 0.2) is 6.61 Å². The van der Waals surface area contributed by atoms with Gasteiger partial charge in [-0.15, -0.1) is 0 Å². The third-order valence-electron chi connectivity index (χ3n) is 1.79. The van der Waals surface area contributed by atoms with E-state index in [2.05, 4.69) is 0 Å². The lowest BCUT2D eigenvalue weighted by Crippen LogP contribution is -2.33. The predicted octanol–water partition coefficient (Wildman–Crippen LogP) is 1.10. The summed E-state index contributed by atoms with van der Waals surface area (Å²) in [5.41, 5.74) is 0.768. The van der Waals surface area contributed by atoms with Crippen LogP contribution < -0.4 is 9.46 Å². The van der Waals surface area contributed by atoms with Crippen molar-refractivity contribution in [3.63, 3.8) is 0 Å². The summed E-state index contributed by atoms with van der Waals surface area (Å²) in [4.78, 5) is 11.2. The molecule has 0 unspecified atom stereocenters. The van der Waals surface area contributed by atoms with Gasteiger partial charge in [0.1, 0.15) is 5.75 Å². The molecule has 0 aliphatic rings. The lowest BCUT2D eigenvalue weighted by atomic mass is 10.2. The molecule has 0 bridgehead atoms. The van der Waals surface area contributed by atoms with Crippen molar-refractivity contribution in [1.82, 2.24) is 4.72 Å². The number of carbonyl (C=O) groups is 1. The number of halogens is 1. The average Bonchev–Trinajstić information content (AvgIpc) is 2.13. The Hall–Kier alpha value is -1.27. The van der Waals surface area contributed by atoms with E-state index in [0.717, 1.165) is 11.8 Å². The van der Waals surface area contributed by atoms with Crippen LogP contribution in [0.15, 0.2) is 18.2 Å². The van der Waals surface area contributed by atoms with Crippen LogP contribution in [0, 0.1) is 6.92 Å². The first-order chi connectivity index (χ1) is 7.78. The van der Waals surface area contributed by atoms with Crippen LogP contribution in [0.3, 0.4) is 0 Å². The zero-order chi connectivity index (χ0) is 13.1. The molecule has 0 saturated carbocycles. The maximum Gasteiger partial charge on any atom is 0.271 e. The number of hydrogen-bond acceptors (Lipinski definition) is 4. The fourth-order valence-electron chi connectivity index (χ4n) is 1.15. The Morgan fingerprint density at radius 3 is 2.65 bits per heavy atom. The lowest BCUT2D eigenvalue weighted by Gasteiger charge is -2.08. The molecule has 7 heteroatoms. The van der Waals surface area contributed by atoms with Crippen molar-refractivity contribution in [2.45, 2.75) is 6.92 Å². The quantitative estimate of drug-likeness (QED) is 0.895. The average molecular weight is 278 g/mol. The number of ether oxygens (including phenoxy) is 1. The molecule has 1 amide bonds. The van der Waals surface area contributed by atoms with Gasteiger partial charge in [0.05, 0.1) is 6.26 Å². The van der Waals surface area contributed by atoms with Crippen LogP contribution in [0.5, 0.6) is 5.75 Å². The summed E-state index contributed by atoms with van der Waals surface area (Å²) in [6, 6.07) is 4.93. The number of sulfonamides is 1. The molecular weight excluding hydrogens is 266 g/mol. The largest absolute Gasteiger partial charge is 0.483 e. The molecular formula is C10H12ClNO4S. The Morgan fingerprint density at radius 2 is 2.12 bits per heavy atom. The summed E-state index contributed by atoms with van der Waals surface area (Å²) in [7, 11) is -3.55. The molecule has 17 heavy (non-hydrogen) atoms. The lowest BCUT2D eigenvalue weighted by molar-refractivity contribution is -0.121. The number of hydrogen-bond donors (Lipinski definition) is 1. The van der Waals surface area contributed by atoms with E-state index in [0.29, 0.717) is 10.8 Å². The van der Waals surface area contributed by atoms with Gasteiger partial charge in [-0.1, -0.05) is 11.6 Å². The van der Waals surface area contributed by atoms with Crippen LogP contribution in [0.4, 0.5) is 0 Å². The Labute approximate surface area is 105 Å². The molecule has 1 rings (SSSR count). The van der Waals surface area contributed by atoms with Gasteiger partial charge < -0.3 is 4.74 Å². The van der Waals surface area contributed by atoms with Crippen LogP contribution >= 0.6 is 11.6 Å². The van der Waals surface area contributed by atoms with E-state index in [1.165, 1.54) is 0 Å². The Balaban J connectivity index is 2.59. The zero-order valence-electron chi connectivity index (χ0n) is 9.36. The monoisotopic (exact) mass is 277 g/mol. The van der Waals surface area contributed by atoms with Crippen molar-refractivity contribution in [3.8, 4) is 5.75 Å². The maximum atomic E-state index is 11.2. The van der Waals surface area contributed by atoms with Crippen LogP contribution in [0.25, 0.3) is 0 Å². The Bertz CT molecular complexity index is 527. The van der Waals surface area contributed by atoms with Crippen molar-refractivity contribution in [1.29, 1.82) is 0 Å². The summed E-state index contributed by atoms with van der Waals surface area (Å²) in [5.74, 6) is -0.236. The third-order valence-corrected chi connectivity index (χ3v) is 2.63. The normalized spacial score (nSPS) is 11.0. The highest BCUT2D eigenvalue weighted by Crippen LogP contribution is 2.21. The summed E-state index contributed by atoms with van der Waals surface area (Å²) in [5, 5.41) is 0.565. The second kappa shape index (κ2) is 5.37. The highest BCUT2D eigenvalue weighted by Gasteiger charge is 2.09. The first-order valence-corrected chi connectivity index (χ1v) is 6.94. The van der Waals surface area contributed by atoms with Crippen molar-refractivity contribution >= 4 is 27.5 Å². The van der Waals surface area contributed by atoms with Crippen molar-refractivity contribution in [2.24, 2.45) is 0 Å². The first kappa shape index (κ1) is 13.8. The Morgan fingerprint density at radius 1 is 1.47 bits per heavy atom. The summed E-state index contributed by atoms with van der Waals surface area (Å²) >= 11 is 5.75. The molecule has 0 aliphatic carbocycles. The van der Waals surface area contributed by atoms with Gasteiger partial charge in [0.25, 0.3) is 5.91 Å². The van der Waals surface area contributed by atoms with Gasteiger partial charge in [-0.05, 0) is 30.7 Å². The van der Waals surface area contributed by atoms with Crippen LogP contribution in [-0.2, 0) is 14.8 Å². The molecule has 0 radical (unpaired) electrons. The molecule has 5 nitrogen and oxygen atoms in total. The van der Waals surface area contributed by atoms with Gasteiger partial charge in [0, 0.05) is 5.02 Å². The fourth-order valence-corrected chi connectivity index (χ4v) is 1.85. The number of carbonyl (C=O) groups excluding carboxylic acids is 1. The van der Waals surface area contributed by atoms with Gasteiger partial charge in [-0.25, -0.2) is 8.42 Å². The van der Waals surface area contributed by atoms with E-state index in [4.69, 9.17) is 16.3 Å². The van der Waals surface area contributed by atoms with Crippen LogP contribution in [-0.4, -0.2) is 27.2 Å². The second-order valence-electron chi connectivity index (χ2n) is 3.50. The van der Waals surface area contributed by atoms with Gasteiger partial charge >= 0.3 is 0 Å². The van der Waals surface area contributed by atoms with E-state index in [1.807, 2.05) is 0 Å². The Kier molecular flexibility index (Phi) is 4.36. The van der Waals surface area contributed by atoms with E-state index >= 15 is 0 Å². The maximum absolute atomic E-state index is 11.2. The minimum Gasteiger partial charge on any atom is -0.483 e. The number of benzene rings is 1. The van der Waals surface area contributed by atoms with Crippen LogP contribution in [0.2, 0.25) is 5.02 Å². The molecule has 1 N–H and O–H groups in total. The van der Waals surface area contributed by atoms with Crippen molar-refractivity contribution < 1.29 is 17.9 Å². The predicted molar refractivity (Wildman–Crippen MR) is 64.7 cm³/mol. The molecule has 94 valence electrons. The smallest absolute Gasteiger partial charge is 0.271 e. The van der Waals surface area contributed by atoms with Gasteiger partial charge in [0.2, 0.25) is 10.0 Å². The minimum atomic E-state index is -3.55. The second-order valence-corrected chi connectivity index (χ2v) is 5.68. The standard InChI is InChI=1S/C10H12ClNO4S/c1-7-5-8(11)3-4-9(7)16-6-10(13)12-17(2,14)15/h3-5H,6H2,1-2H3,(H,12,13). The third kappa shape index (κ3) is 5.06. The highest BCUT2D eigenvalue weighted by molar-refractivity contribution is 7.89. The summed E-state index contributed by atoms with van der Waals surface area (Å²) < 4.78 is 28.5. The fraction of sp³-hybridized carbons (Fsp3) is 0.300. The highest BCUT2D eigenvalue weighted by atomic mass is 35.5. The topological polar surface area (TPSA) is 72.5 Å². The molecule has 0 spiro atoms. The zero-order valence-corrected chi connectivity index (χ0v) is 10.9. The minimum absolute atomic E-state index is 0.366. The van der Waals surface area contributed by atoms with Crippen molar-refractivity contribution in [3.05, 3.63) is 28.8 Å². The summed E-state index contributed by atoms with van der Waals surface area (Å²) in [6.07, 6.45) is 0.901. The number of aryl methyl sites for hydroxylation is 1. The number of amides is 1. The van der Waals surface area contributed by atoms with E-state index in [-0.39, 0.29) is 6.61 Å². The van der Waals surface area contributed by atoms with E-state index in [1.54, 1.807) is 29.8 Å². The number of rotatable bonds is 4. The molecule has 0 atom stereocenters. The van der Waals surface area contributed by atoms with Gasteiger partial charge in [-0.3, -0.25) is 9.52 Å². The van der Waals surface area contributed by atoms with Gasteiger partial charge in [-0.2, -0.15) is 0 Å². The van der Waals surface area contributed by atoms with Crippen LogP contribution in [0.1, 0.15) is 5.56 Å². The summed E-state index contributed by atoms with van der Waals surface area (Å²) in [6.45, 7) is 1.41. The molecule has 0 aromatic heterocycles. The van der Waals surface area contributed by atoms with E-state index < -0.39 is 15.9 Å². The first-order valence-electron chi connectivity index (χ1n) is 4.67. The SMILES string of the molecule is Cc1cc(Cl)ccc1OCC(=O)NS(C)(=O)=O. The molecule has 0 saturated heterocycles. The molecule has 0 aliphatic heterocycles. The molecule has 0 heterocycles. The molecule has 0 fully saturated rings. The molecule has 1 aromatic carbocycles. The molecule has 1 aromatic rings. The van der Waals surface area contributed by atoms with Crippen molar-refractivity contribution in [2.75, 3.05) is 12.9 Å². The number of nitrogens with one attached hydrogen (secondary N) is 1.